The van der Waals surface area contributed by atoms with Crippen molar-refractivity contribution in [1.29, 1.82) is 0 Å². The highest BCUT2D eigenvalue weighted by molar-refractivity contribution is 7.89. The lowest BCUT2D eigenvalue weighted by Crippen LogP contribution is -2.24. The van der Waals surface area contributed by atoms with Crippen LogP contribution in [0.5, 0.6) is 0 Å². The van der Waals surface area contributed by atoms with Crippen LogP contribution in [0.15, 0.2) is 17.2 Å². The lowest BCUT2D eigenvalue weighted by atomic mass is 10.0. The van der Waals surface area contributed by atoms with E-state index in [4.69, 9.17) is 5.11 Å². The molecule has 1 fully saturated rings. The van der Waals surface area contributed by atoms with Gasteiger partial charge in [0.15, 0.2) is 0 Å². The summed E-state index contributed by atoms with van der Waals surface area (Å²) in [6.45, 7) is 0.399. The number of nitrogens with zero attached hydrogens (tertiary/aromatic N) is 1. The van der Waals surface area contributed by atoms with Crippen LogP contribution in [-0.2, 0) is 17.1 Å². The first kappa shape index (κ1) is 16.0. The summed E-state index contributed by atoms with van der Waals surface area (Å²) < 4.78 is 28.0. The lowest BCUT2D eigenvalue weighted by molar-refractivity contribution is 0.0686. The molecule has 1 saturated carbocycles. The average molecular weight is 314 g/mol. The number of hydrogen-bond acceptors (Lipinski definition) is 3. The normalized spacial score (nSPS) is 16.4. The molecular formula is C14H22N2O4S. The second kappa shape index (κ2) is 6.62. The van der Waals surface area contributed by atoms with Crippen LogP contribution < -0.4 is 4.72 Å². The number of nitrogens with one attached hydrogen (secondary N) is 1. The molecule has 6 nitrogen and oxygen atoms in total. The van der Waals surface area contributed by atoms with Crippen molar-refractivity contribution in [3.8, 4) is 0 Å². The van der Waals surface area contributed by atoms with E-state index in [-0.39, 0.29) is 10.6 Å². The Kier molecular flexibility index (Phi) is 5.05. The van der Waals surface area contributed by atoms with Gasteiger partial charge in [0.05, 0.1) is 0 Å². The minimum Gasteiger partial charge on any atom is -0.477 e. The third-order valence-corrected chi connectivity index (χ3v) is 5.49. The summed E-state index contributed by atoms with van der Waals surface area (Å²) in [5.41, 5.74) is -0.0404. The van der Waals surface area contributed by atoms with E-state index in [1.807, 2.05) is 0 Å². The summed E-state index contributed by atoms with van der Waals surface area (Å²) in [5, 5.41) is 8.94. The number of rotatable bonds is 7. The van der Waals surface area contributed by atoms with Crippen LogP contribution in [0.1, 0.15) is 49.0 Å². The molecule has 0 radical (unpaired) electrons. The van der Waals surface area contributed by atoms with Gasteiger partial charge in [-0.3, -0.25) is 0 Å². The Bertz CT molecular complexity index is 600. The first-order chi connectivity index (χ1) is 9.90. The zero-order valence-electron chi connectivity index (χ0n) is 12.2. The van der Waals surface area contributed by atoms with Crippen molar-refractivity contribution in [2.75, 3.05) is 6.54 Å². The van der Waals surface area contributed by atoms with Crippen LogP contribution >= 0.6 is 0 Å². The summed E-state index contributed by atoms with van der Waals surface area (Å²) in [5.74, 6) is -0.398. The zero-order chi connectivity index (χ0) is 15.5. The zero-order valence-corrected chi connectivity index (χ0v) is 13.0. The van der Waals surface area contributed by atoms with Crippen molar-refractivity contribution in [2.24, 2.45) is 13.0 Å². The molecule has 2 rings (SSSR count). The SMILES string of the molecule is Cn1cc(S(=O)(=O)NCCCC2CCCC2)cc1C(=O)O. The summed E-state index contributed by atoms with van der Waals surface area (Å²) in [4.78, 5) is 10.9. The van der Waals surface area contributed by atoms with Gasteiger partial charge in [-0.15, -0.1) is 0 Å². The van der Waals surface area contributed by atoms with E-state index in [1.165, 1.54) is 49.6 Å². The third-order valence-electron chi connectivity index (χ3n) is 4.07. The first-order valence-electron chi connectivity index (χ1n) is 7.29. The Labute approximate surface area is 125 Å². The summed E-state index contributed by atoms with van der Waals surface area (Å²) in [7, 11) is -2.11. The number of carboxylic acid groups (broad SMARTS) is 1. The van der Waals surface area contributed by atoms with Crippen molar-refractivity contribution >= 4 is 16.0 Å². The van der Waals surface area contributed by atoms with E-state index in [9.17, 15) is 13.2 Å². The summed E-state index contributed by atoms with van der Waals surface area (Å²) in [6, 6.07) is 1.18. The molecule has 0 spiro atoms. The van der Waals surface area contributed by atoms with Gasteiger partial charge in [-0.05, 0) is 24.8 Å². The Balaban J connectivity index is 1.89. The molecule has 0 aliphatic heterocycles. The molecule has 0 saturated heterocycles. The van der Waals surface area contributed by atoms with E-state index in [0.29, 0.717) is 6.54 Å². The molecule has 2 N–H and O–H groups in total. The maximum Gasteiger partial charge on any atom is 0.352 e. The highest BCUT2D eigenvalue weighted by atomic mass is 32.2. The van der Waals surface area contributed by atoms with Crippen molar-refractivity contribution in [1.82, 2.24) is 9.29 Å². The predicted octanol–water partition coefficient (Wildman–Crippen LogP) is 1.97. The fourth-order valence-electron chi connectivity index (χ4n) is 2.87. The van der Waals surface area contributed by atoms with E-state index in [2.05, 4.69) is 4.72 Å². The third kappa shape index (κ3) is 4.07. The van der Waals surface area contributed by atoms with Crippen LogP contribution in [0.25, 0.3) is 0 Å². The largest absolute Gasteiger partial charge is 0.477 e. The second-order valence-corrected chi connectivity index (χ2v) is 7.43. The van der Waals surface area contributed by atoms with Crippen LogP contribution in [0, 0.1) is 5.92 Å². The number of carbonyl (C=O) groups is 1. The molecule has 1 aliphatic rings. The average Bonchev–Trinajstić information content (AvgIpc) is 3.04. The predicted molar refractivity (Wildman–Crippen MR) is 78.8 cm³/mol. The molecule has 0 aromatic carbocycles. The van der Waals surface area contributed by atoms with Gasteiger partial charge in [-0.1, -0.05) is 25.7 Å². The highest BCUT2D eigenvalue weighted by Crippen LogP contribution is 2.28. The van der Waals surface area contributed by atoms with E-state index < -0.39 is 16.0 Å². The lowest BCUT2D eigenvalue weighted by Gasteiger charge is -2.09. The fraction of sp³-hybridized carbons (Fsp3) is 0.643. The topological polar surface area (TPSA) is 88.4 Å². The molecule has 0 unspecified atom stereocenters. The molecule has 0 bridgehead atoms. The van der Waals surface area contributed by atoms with Gasteiger partial charge >= 0.3 is 5.97 Å². The first-order valence-corrected chi connectivity index (χ1v) is 8.78. The number of aromatic carboxylic acids is 1. The molecular weight excluding hydrogens is 292 g/mol. The maximum atomic E-state index is 12.1. The van der Waals surface area contributed by atoms with Gasteiger partial charge in [0.1, 0.15) is 10.6 Å². The van der Waals surface area contributed by atoms with E-state index in [0.717, 1.165) is 18.8 Å². The number of aryl methyl sites for hydroxylation is 1. The molecule has 0 atom stereocenters. The van der Waals surface area contributed by atoms with Crippen LogP contribution in [0.4, 0.5) is 0 Å². The quantitative estimate of drug-likeness (QED) is 0.753. The highest BCUT2D eigenvalue weighted by Gasteiger charge is 2.20. The van der Waals surface area contributed by atoms with Crippen LogP contribution in [0.3, 0.4) is 0 Å². The molecule has 1 aromatic rings. The minimum atomic E-state index is -3.63. The van der Waals surface area contributed by atoms with Crippen LogP contribution in [-0.4, -0.2) is 30.6 Å². The number of hydrogen-bond donors (Lipinski definition) is 2. The smallest absolute Gasteiger partial charge is 0.352 e. The maximum absolute atomic E-state index is 12.1. The van der Waals surface area contributed by atoms with E-state index >= 15 is 0 Å². The Morgan fingerprint density at radius 3 is 2.67 bits per heavy atom. The van der Waals surface area contributed by atoms with Crippen LogP contribution in [0.2, 0.25) is 0 Å². The Hall–Kier alpha value is -1.34. The second-order valence-electron chi connectivity index (χ2n) is 5.67. The van der Waals surface area contributed by atoms with Gasteiger partial charge in [-0.2, -0.15) is 0 Å². The van der Waals surface area contributed by atoms with Crippen molar-refractivity contribution < 1.29 is 18.3 Å². The van der Waals surface area contributed by atoms with E-state index in [1.54, 1.807) is 0 Å². The van der Waals surface area contributed by atoms with Crippen molar-refractivity contribution in [3.63, 3.8) is 0 Å². The molecule has 1 aromatic heterocycles. The Morgan fingerprint density at radius 2 is 2.10 bits per heavy atom. The monoisotopic (exact) mass is 314 g/mol. The van der Waals surface area contributed by atoms with Gasteiger partial charge in [0, 0.05) is 19.8 Å². The summed E-state index contributed by atoms with van der Waals surface area (Å²) >= 11 is 0. The minimum absolute atomic E-state index is 0.00302. The number of carboxylic acids is 1. The molecule has 7 heteroatoms. The molecule has 21 heavy (non-hydrogen) atoms. The molecule has 0 amide bonds. The van der Waals surface area contributed by atoms with Gasteiger partial charge in [-0.25, -0.2) is 17.9 Å². The fourth-order valence-corrected chi connectivity index (χ4v) is 4.02. The van der Waals surface area contributed by atoms with Crippen molar-refractivity contribution in [3.05, 3.63) is 18.0 Å². The van der Waals surface area contributed by atoms with Gasteiger partial charge in [0.25, 0.3) is 0 Å². The molecule has 118 valence electrons. The van der Waals surface area contributed by atoms with Gasteiger partial charge < -0.3 is 9.67 Å². The molecule has 1 aliphatic carbocycles. The van der Waals surface area contributed by atoms with Crippen molar-refractivity contribution in [2.45, 2.75) is 43.4 Å². The number of sulfonamides is 1. The molecule has 1 heterocycles. The summed E-state index contributed by atoms with van der Waals surface area (Å²) in [6.07, 6.45) is 8.29. The Morgan fingerprint density at radius 1 is 1.43 bits per heavy atom. The number of aromatic nitrogens is 1. The van der Waals surface area contributed by atoms with Gasteiger partial charge in [0.2, 0.25) is 10.0 Å². The standard InChI is InChI=1S/C14H22N2O4S/c1-16-10-12(9-13(16)14(17)18)21(19,20)15-8-4-7-11-5-2-3-6-11/h9-11,15H,2-8H2,1H3,(H,17,18).